The van der Waals surface area contributed by atoms with Gasteiger partial charge in [0, 0.05) is 20.7 Å². The summed E-state index contributed by atoms with van der Waals surface area (Å²) in [6.07, 6.45) is -0.912. The van der Waals surface area contributed by atoms with Crippen LogP contribution in [0.1, 0.15) is 6.42 Å². The van der Waals surface area contributed by atoms with E-state index in [1.165, 1.54) is 19.1 Å². The van der Waals surface area contributed by atoms with Gasteiger partial charge in [0.05, 0.1) is 12.5 Å². The molecule has 9 heteroatoms. The SMILES string of the molecule is COC(CNC(=O)CN1C(=O)CN(C)C1=O)CC(=O)O. The van der Waals surface area contributed by atoms with Crippen LogP contribution in [0.15, 0.2) is 0 Å². The summed E-state index contributed by atoms with van der Waals surface area (Å²) in [7, 11) is 2.80. The Morgan fingerprint density at radius 3 is 2.55 bits per heavy atom. The Labute approximate surface area is 115 Å². The third-order valence-electron chi connectivity index (χ3n) is 2.80. The third-order valence-corrected chi connectivity index (χ3v) is 2.80. The minimum Gasteiger partial charge on any atom is -0.481 e. The van der Waals surface area contributed by atoms with Gasteiger partial charge in [0.15, 0.2) is 0 Å². The number of hydrogen-bond acceptors (Lipinski definition) is 5. The average Bonchev–Trinajstić information content (AvgIpc) is 2.60. The largest absolute Gasteiger partial charge is 0.481 e. The standard InChI is InChI=1S/C11H17N3O6/c1-13-6-9(16)14(11(13)19)5-8(15)12-4-7(20-2)3-10(17)18/h7H,3-6H2,1-2H3,(H,12,15)(H,17,18). The smallest absolute Gasteiger partial charge is 0.327 e. The number of urea groups is 1. The molecule has 0 saturated carbocycles. The molecule has 0 spiro atoms. The quantitative estimate of drug-likeness (QED) is 0.550. The monoisotopic (exact) mass is 287 g/mol. The molecule has 1 unspecified atom stereocenters. The molecule has 1 rings (SSSR count). The van der Waals surface area contributed by atoms with E-state index < -0.39 is 29.9 Å². The van der Waals surface area contributed by atoms with E-state index in [0.29, 0.717) is 0 Å². The predicted octanol–water partition coefficient (Wildman–Crippen LogP) is -1.51. The average molecular weight is 287 g/mol. The fourth-order valence-electron chi connectivity index (χ4n) is 1.69. The van der Waals surface area contributed by atoms with Crippen molar-refractivity contribution in [2.75, 3.05) is 33.8 Å². The Balaban J connectivity index is 2.42. The topological polar surface area (TPSA) is 116 Å². The van der Waals surface area contributed by atoms with Crippen LogP contribution in [0.4, 0.5) is 4.79 Å². The molecule has 2 N–H and O–H groups in total. The molecule has 0 aliphatic carbocycles. The number of amides is 4. The molecule has 1 saturated heterocycles. The number of imide groups is 1. The van der Waals surface area contributed by atoms with Crippen molar-refractivity contribution in [3.8, 4) is 0 Å². The van der Waals surface area contributed by atoms with Gasteiger partial charge in [-0.15, -0.1) is 0 Å². The number of carbonyl (C=O) groups excluding carboxylic acids is 3. The molecule has 0 aromatic rings. The number of methoxy groups -OCH3 is 1. The minimum atomic E-state index is -1.04. The van der Waals surface area contributed by atoms with Crippen LogP contribution in [0.25, 0.3) is 0 Å². The van der Waals surface area contributed by atoms with Gasteiger partial charge in [-0.25, -0.2) is 4.79 Å². The summed E-state index contributed by atoms with van der Waals surface area (Å²) in [6.45, 7) is -0.439. The summed E-state index contributed by atoms with van der Waals surface area (Å²) in [5, 5.41) is 11.0. The van der Waals surface area contributed by atoms with Gasteiger partial charge in [0.2, 0.25) is 5.91 Å². The molecule has 0 bridgehead atoms. The van der Waals surface area contributed by atoms with Gasteiger partial charge in [0.1, 0.15) is 13.1 Å². The molecule has 1 atom stereocenters. The number of carbonyl (C=O) groups is 4. The molecule has 20 heavy (non-hydrogen) atoms. The fourth-order valence-corrected chi connectivity index (χ4v) is 1.69. The summed E-state index contributed by atoms with van der Waals surface area (Å²) in [6, 6.07) is -0.529. The summed E-state index contributed by atoms with van der Waals surface area (Å²) in [5.41, 5.74) is 0. The van der Waals surface area contributed by atoms with Crippen molar-refractivity contribution in [1.29, 1.82) is 0 Å². The van der Waals surface area contributed by atoms with Crippen molar-refractivity contribution in [3.63, 3.8) is 0 Å². The van der Waals surface area contributed by atoms with Gasteiger partial charge in [0.25, 0.3) is 5.91 Å². The zero-order valence-electron chi connectivity index (χ0n) is 11.3. The van der Waals surface area contributed by atoms with Crippen LogP contribution in [0.2, 0.25) is 0 Å². The minimum absolute atomic E-state index is 0.00626. The van der Waals surface area contributed by atoms with Gasteiger partial charge in [-0.2, -0.15) is 0 Å². The third kappa shape index (κ3) is 4.19. The van der Waals surface area contributed by atoms with Crippen LogP contribution in [-0.4, -0.2) is 78.6 Å². The van der Waals surface area contributed by atoms with Crippen LogP contribution in [0.5, 0.6) is 0 Å². The second-order valence-electron chi connectivity index (χ2n) is 4.38. The lowest BCUT2D eigenvalue weighted by atomic mass is 10.2. The molecule has 0 aromatic heterocycles. The van der Waals surface area contributed by atoms with E-state index >= 15 is 0 Å². The van der Waals surface area contributed by atoms with E-state index in [9.17, 15) is 19.2 Å². The van der Waals surface area contributed by atoms with Gasteiger partial charge in [-0.05, 0) is 0 Å². The first kappa shape index (κ1) is 15.9. The summed E-state index contributed by atoms with van der Waals surface area (Å²) >= 11 is 0. The number of ether oxygens (including phenoxy) is 1. The van der Waals surface area contributed by atoms with Crippen LogP contribution in [0, 0.1) is 0 Å². The number of aliphatic carboxylic acids is 1. The number of hydrogen-bond donors (Lipinski definition) is 2. The first-order valence-electron chi connectivity index (χ1n) is 5.92. The fraction of sp³-hybridized carbons (Fsp3) is 0.636. The van der Waals surface area contributed by atoms with Gasteiger partial charge >= 0.3 is 12.0 Å². The molecule has 9 nitrogen and oxygen atoms in total. The predicted molar refractivity (Wildman–Crippen MR) is 65.8 cm³/mol. The Kier molecular flexibility index (Phi) is 5.44. The molecule has 1 aliphatic rings. The van der Waals surface area contributed by atoms with E-state index in [1.54, 1.807) is 0 Å². The number of carboxylic acids is 1. The lowest BCUT2D eigenvalue weighted by Crippen LogP contribution is -2.43. The van der Waals surface area contributed by atoms with Crippen molar-refractivity contribution in [2.24, 2.45) is 0 Å². The Bertz CT molecular complexity index is 424. The maximum absolute atomic E-state index is 11.6. The van der Waals surface area contributed by atoms with Gasteiger partial charge < -0.3 is 20.1 Å². The maximum atomic E-state index is 11.6. The van der Waals surface area contributed by atoms with E-state index in [4.69, 9.17) is 9.84 Å². The van der Waals surface area contributed by atoms with Crippen LogP contribution in [0.3, 0.4) is 0 Å². The lowest BCUT2D eigenvalue weighted by Gasteiger charge is -2.16. The van der Waals surface area contributed by atoms with Crippen molar-refractivity contribution in [2.45, 2.75) is 12.5 Å². The molecular formula is C11H17N3O6. The number of nitrogens with one attached hydrogen (secondary N) is 1. The van der Waals surface area contributed by atoms with Gasteiger partial charge in [-0.1, -0.05) is 0 Å². The normalized spacial score (nSPS) is 16.5. The molecule has 112 valence electrons. The highest BCUT2D eigenvalue weighted by Crippen LogP contribution is 2.06. The second kappa shape index (κ2) is 6.85. The molecule has 1 aliphatic heterocycles. The Morgan fingerprint density at radius 2 is 2.10 bits per heavy atom. The highest BCUT2D eigenvalue weighted by molar-refractivity contribution is 6.04. The zero-order valence-corrected chi connectivity index (χ0v) is 11.3. The van der Waals surface area contributed by atoms with Gasteiger partial charge in [-0.3, -0.25) is 19.3 Å². The molecular weight excluding hydrogens is 270 g/mol. The summed E-state index contributed by atoms with van der Waals surface area (Å²) in [5.74, 6) is -2.03. The Morgan fingerprint density at radius 1 is 1.45 bits per heavy atom. The number of nitrogens with zero attached hydrogens (tertiary/aromatic N) is 2. The molecule has 1 heterocycles. The van der Waals surface area contributed by atoms with Crippen LogP contribution < -0.4 is 5.32 Å². The van der Waals surface area contributed by atoms with E-state index in [-0.39, 0.29) is 26.1 Å². The molecule has 0 radical (unpaired) electrons. The zero-order chi connectivity index (χ0) is 15.3. The van der Waals surface area contributed by atoms with Crippen molar-refractivity contribution in [1.82, 2.24) is 15.1 Å². The second-order valence-corrected chi connectivity index (χ2v) is 4.38. The number of carboxylic acid groups (broad SMARTS) is 1. The highest BCUT2D eigenvalue weighted by atomic mass is 16.5. The Hall–Kier alpha value is -2.16. The molecule has 4 amide bonds. The first-order valence-corrected chi connectivity index (χ1v) is 5.92. The summed E-state index contributed by atoms with van der Waals surface area (Å²) in [4.78, 5) is 47.2. The molecule has 0 aromatic carbocycles. The van der Waals surface area contributed by atoms with E-state index in [2.05, 4.69) is 5.32 Å². The maximum Gasteiger partial charge on any atom is 0.327 e. The summed E-state index contributed by atoms with van der Waals surface area (Å²) < 4.78 is 4.89. The first-order chi connectivity index (χ1) is 9.35. The van der Waals surface area contributed by atoms with E-state index in [1.807, 2.05) is 0 Å². The van der Waals surface area contributed by atoms with Crippen molar-refractivity contribution < 1.29 is 29.0 Å². The van der Waals surface area contributed by atoms with Crippen molar-refractivity contribution >= 4 is 23.8 Å². The number of likely N-dealkylation sites (N-methyl/N-ethyl adjacent to an activating group) is 1. The number of rotatable bonds is 7. The molecule has 1 fully saturated rings. The van der Waals surface area contributed by atoms with E-state index in [0.717, 1.165) is 4.90 Å². The lowest BCUT2D eigenvalue weighted by molar-refractivity contribution is -0.140. The van der Waals surface area contributed by atoms with Crippen molar-refractivity contribution in [3.05, 3.63) is 0 Å². The van der Waals surface area contributed by atoms with Crippen LogP contribution in [-0.2, 0) is 19.1 Å². The van der Waals surface area contributed by atoms with Crippen LogP contribution >= 0.6 is 0 Å². The highest BCUT2D eigenvalue weighted by Gasteiger charge is 2.34.